The number of hydrogen-bond acceptors (Lipinski definition) is 3. The SMILES string of the molecule is CC=CCOc1ccc(C(=O)OC)cc1. The first kappa shape index (κ1) is 11.3. The van der Waals surface area contributed by atoms with Crippen LogP contribution in [-0.4, -0.2) is 19.7 Å². The number of ether oxygens (including phenoxy) is 2. The molecule has 3 heteroatoms. The molecule has 0 aromatic heterocycles. The topological polar surface area (TPSA) is 35.5 Å². The second-order valence-electron chi connectivity index (χ2n) is 2.90. The van der Waals surface area contributed by atoms with Crippen molar-refractivity contribution in [2.45, 2.75) is 6.92 Å². The minimum atomic E-state index is -0.338. The standard InChI is InChI=1S/C12H14O3/c1-3-4-9-15-11-7-5-10(6-8-11)12(13)14-2/h3-8H,9H2,1-2H3. The summed E-state index contributed by atoms with van der Waals surface area (Å²) in [6.45, 7) is 2.47. The van der Waals surface area contributed by atoms with Gasteiger partial charge < -0.3 is 9.47 Å². The Morgan fingerprint density at radius 2 is 2.00 bits per heavy atom. The number of rotatable bonds is 4. The summed E-state index contributed by atoms with van der Waals surface area (Å²) in [4.78, 5) is 11.1. The van der Waals surface area contributed by atoms with Gasteiger partial charge in [-0.15, -0.1) is 0 Å². The van der Waals surface area contributed by atoms with Crippen LogP contribution in [0.1, 0.15) is 17.3 Å². The highest BCUT2D eigenvalue weighted by Gasteiger charge is 2.03. The summed E-state index contributed by atoms with van der Waals surface area (Å²) in [5.41, 5.74) is 0.524. The first-order valence-corrected chi connectivity index (χ1v) is 4.70. The molecule has 80 valence electrons. The third-order valence-electron chi connectivity index (χ3n) is 1.86. The van der Waals surface area contributed by atoms with Crippen molar-refractivity contribution in [3.05, 3.63) is 42.0 Å². The average molecular weight is 206 g/mol. The van der Waals surface area contributed by atoms with E-state index >= 15 is 0 Å². The van der Waals surface area contributed by atoms with Gasteiger partial charge in [0.05, 0.1) is 12.7 Å². The van der Waals surface area contributed by atoms with Gasteiger partial charge in [-0.05, 0) is 31.2 Å². The fourth-order valence-electron chi connectivity index (χ4n) is 1.05. The molecule has 0 saturated heterocycles. The predicted molar refractivity (Wildman–Crippen MR) is 58.1 cm³/mol. The van der Waals surface area contributed by atoms with Crippen LogP contribution in [0, 0.1) is 0 Å². The molecule has 0 unspecified atom stereocenters. The molecule has 15 heavy (non-hydrogen) atoms. The first-order chi connectivity index (χ1) is 7.27. The molecule has 0 aliphatic carbocycles. The van der Waals surface area contributed by atoms with Crippen molar-refractivity contribution in [3.8, 4) is 5.75 Å². The Bertz CT molecular complexity index is 338. The van der Waals surface area contributed by atoms with Crippen molar-refractivity contribution in [3.63, 3.8) is 0 Å². The van der Waals surface area contributed by atoms with E-state index in [4.69, 9.17) is 4.74 Å². The minimum Gasteiger partial charge on any atom is -0.490 e. The predicted octanol–water partition coefficient (Wildman–Crippen LogP) is 2.43. The normalized spacial score (nSPS) is 10.3. The molecule has 0 N–H and O–H groups in total. The lowest BCUT2D eigenvalue weighted by Crippen LogP contribution is -2.01. The van der Waals surface area contributed by atoms with Crippen molar-refractivity contribution in [2.75, 3.05) is 13.7 Å². The number of hydrogen-bond donors (Lipinski definition) is 0. The maximum absolute atomic E-state index is 11.1. The van der Waals surface area contributed by atoms with Crippen LogP contribution in [0.15, 0.2) is 36.4 Å². The van der Waals surface area contributed by atoms with Gasteiger partial charge in [-0.1, -0.05) is 12.2 Å². The van der Waals surface area contributed by atoms with Crippen LogP contribution >= 0.6 is 0 Å². The summed E-state index contributed by atoms with van der Waals surface area (Å²) in [6.07, 6.45) is 3.83. The molecule has 0 spiro atoms. The van der Waals surface area contributed by atoms with Crippen molar-refractivity contribution >= 4 is 5.97 Å². The molecule has 0 fully saturated rings. The third-order valence-corrected chi connectivity index (χ3v) is 1.86. The van der Waals surface area contributed by atoms with Gasteiger partial charge in [-0.2, -0.15) is 0 Å². The van der Waals surface area contributed by atoms with Gasteiger partial charge >= 0.3 is 5.97 Å². The summed E-state index contributed by atoms with van der Waals surface area (Å²) >= 11 is 0. The Balaban J connectivity index is 2.60. The van der Waals surface area contributed by atoms with E-state index in [0.29, 0.717) is 12.2 Å². The van der Waals surface area contributed by atoms with Gasteiger partial charge in [-0.3, -0.25) is 0 Å². The quantitative estimate of drug-likeness (QED) is 0.560. The maximum atomic E-state index is 11.1. The molecule has 3 nitrogen and oxygen atoms in total. The lowest BCUT2D eigenvalue weighted by atomic mass is 10.2. The Morgan fingerprint density at radius 3 is 2.53 bits per heavy atom. The Labute approximate surface area is 89.3 Å². The van der Waals surface area contributed by atoms with Crippen LogP contribution in [-0.2, 0) is 4.74 Å². The molecule has 0 saturated carbocycles. The van der Waals surface area contributed by atoms with Crippen LogP contribution in [0.25, 0.3) is 0 Å². The Hall–Kier alpha value is -1.77. The van der Waals surface area contributed by atoms with Gasteiger partial charge in [0.2, 0.25) is 0 Å². The van der Waals surface area contributed by atoms with Gasteiger partial charge in [0.1, 0.15) is 12.4 Å². The van der Waals surface area contributed by atoms with E-state index < -0.39 is 0 Å². The average Bonchev–Trinajstić information content (AvgIpc) is 2.29. The Kier molecular flexibility index (Phi) is 4.41. The lowest BCUT2D eigenvalue weighted by Gasteiger charge is -2.03. The van der Waals surface area contributed by atoms with Crippen molar-refractivity contribution in [2.24, 2.45) is 0 Å². The van der Waals surface area contributed by atoms with E-state index in [2.05, 4.69) is 4.74 Å². The second kappa shape index (κ2) is 5.86. The first-order valence-electron chi connectivity index (χ1n) is 4.70. The number of carbonyl (C=O) groups excluding carboxylic acids is 1. The van der Waals surface area contributed by atoms with Gasteiger partial charge in [0.15, 0.2) is 0 Å². The molecule has 0 bridgehead atoms. The number of carbonyl (C=O) groups is 1. The molecule has 0 aliphatic heterocycles. The summed E-state index contributed by atoms with van der Waals surface area (Å²) in [7, 11) is 1.36. The van der Waals surface area contributed by atoms with E-state index in [1.165, 1.54) is 7.11 Å². The summed E-state index contributed by atoms with van der Waals surface area (Å²) in [5, 5.41) is 0. The van der Waals surface area contributed by atoms with E-state index in [1.54, 1.807) is 24.3 Å². The van der Waals surface area contributed by atoms with Crippen LogP contribution in [0.5, 0.6) is 5.75 Å². The highest BCUT2D eigenvalue weighted by atomic mass is 16.5. The summed E-state index contributed by atoms with van der Waals surface area (Å²) in [5.74, 6) is 0.399. The highest BCUT2D eigenvalue weighted by molar-refractivity contribution is 5.89. The van der Waals surface area contributed by atoms with E-state index in [1.807, 2.05) is 19.1 Å². The van der Waals surface area contributed by atoms with Crippen LogP contribution in [0.4, 0.5) is 0 Å². The zero-order valence-electron chi connectivity index (χ0n) is 8.90. The largest absolute Gasteiger partial charge is 0.490 e. The number of methoxy groups -OCH3 is 1. The molecule has 0 heterocycles. The van der Waals surface area contributed by atoms with Crippen LogP contribution < -0.4 is 4.74 Å². The third kappa shape index (κ3) is 3.46. The molecule has 0 amide bonds. The van der Waals surface area contributed by atoms with Crippen molar-refractivity contribution in [1.82, 2.24) is 0 Å². The second-order valence-corrected chi connectivity index (χ2v) is 2.90. The minimum absolute atomic E-state index is 0.338. The van der Waals surface area contributed by atoms with E-state index in [0.717, 1.165) is 5.75 Å². The molecular formula is C12H14O3. The Morgan fingerprint density at radius 1 is 1.33 bits per heavy atom. The monoisotopic (exact) mass is 206 g/mol. The van der Waals surface area contributed by atoms with Gasteiger partial charge in [0, 0.05) is 0 Å². The van der Waals surface area contributed by atoms with Gasteiger partial charge in [0.25, 0.3) is 0 Å². The zero-order valence-corrected chi connectivity index (χ0v) is 8.90. The maximum Gasteiger partial charge on any atom is 0.337 e. The molecule has 1 aromatic rings. The number of allylic oxidation sites excluding steroid dienone is 1. The van der Waals surface area contributed by atoms with Crippen molar-refractivity contribution < 1.29 is 14.3 Å². The molecular weight excluding hydrogens is 192 g/mol. The number of benzene rings is 1. The smallest absolute Gasteiger partial charge is 0.337 e. The zero-order chi connectivity index (χ0) is 11.1. The number of esters is 1. The van der Waals surface area contributed by atoms with Crippen LogP contribution in [0.2, 0.25) is 0 Å². The molecule has 1 rings (SSSR count). The molecule has 0 aliphatic rings. The molecule has 0 atom stereocenters. The lowest BCUT2D eigenvalue weighted by molar-refractivity contribution is 0.0600. The van der Waals surface area contributed by atoms with Crippen molar-refractivity contribution in [1.29, 1.82) is 0 Å². The van der Waals surface area contributed by atoms with Crippen LogP contribution in [0.3, 0.4) is 0 Å². The highest BCUT2D eigenvalue weighted by Crippen LogP contribution is 2.12. The summed E-state index contributed by atoms with van der Waals surface area (Å²) < 4.78 is 9.96. The van der Waals surface area contributed by atoms with E-state index in [-0.39, 0.29) is 5.97 Å². The molecule has 1 aromatic carbocycles. The van der Waals surface area contributed by atoms with Gasteiger partial charge in [-0.25, -0.2) is 4.79 Å². The summed E-state index contributed by atoms with van der Waals surface area (Å²) in [6, 6.07) is 6.85. The fraction of sp³-hybridized carbons (Fsp3) is 0.250. The molecule has 0 radical (unpaired) electrons. The fourth-order valence-corrected chi connectivity index (χ4v) is 1.05. The van der Waals surface area contributed by atoms with E-state index in [9.17, 15) is 4.79 Å².